The molecule has 3 N–H and O–H groups in total. The van der Waals surface area contributed by atoms with Gasteiger partial charge < -0.3 is 24.8 Å². The normalized spacial score (nSPS) is 24.8. The van der Waals surface area contributed by atoms with E-state index in [1.165, 1.54) is 0 Å². The molecular formula is C22H29N5O5. The van der Waals surface area contributed by atoms with Crippen molar-refractivity contribution in [3.63, 3.8) is 0 Å². The van der Waals surface area contributed by atoms with Crippen molar-refractivity contribution in [2.24, 2.45) is 0 Å². The molecule has 2 aromatic heterocycles. The van der Waals surface area contributed by atoms with E-state index in [1.807, 2.05) is 13.0 Å². The monoisotopic (exact) mass is 443 g/mol. The Morgan fingerprint density at radius 1 is 1.34 bits per heavy atom. The van der Waals surface area contributed by atoms with Crippen LogP contribution in [0, 0.1) is 0 Å². The number of nitrogens with zero attached hydrogens (tertiary/aromatic N) is 2. The third-order valence-electron chi connectivity index (χ3n) is 5.96. The highest BCUT2D eigenvalue weighted by molar-refractivity contribution is 5.91. The Morgan fingerprint density at radius 2 is 2.22 bits per heavy atom. The summed E-state index contributed by atoms with van der Waals surface area (Å²) < 4.78 is 16.0. The number of methoxy groups -OCH3 is 1. The van der Waals surface area contributed by atoms with E-state index >= 15 is 0 Å². The topological polar surface area (TPSA) is 127 Å². The first-order chi connectivity index (χ1) is 15.4. The quantitative estimate of drug-likeness (QED) is 0.600. The average Bonchev–Trinajstić information content (AvgIpc) is 3.50. The molecule has 1 aliphatic carbocycles. The zero-order valence-corrected chi connectivity index (χ0v) is 18.3. The van der Waals surface area contributed by atoms with Gasteiger partial charge in [-0.15, -0.1) is 0 Å². The van der Waals surface area contributed by atoms with Gasteiger partial charge in [-0.05, 0) is 38.2 Å². The van der Waals surface area contributed by atoms with Crippen LogP contribution in [0.2, 0.25) is 0 Å². The van der Waals surface area contributed by atoms with E-state index in [1.54, 1.807) is 25.4 Å². The maximum absolute atomic E-state index is 12.3. The van der Waals surface area contributed by atoms with Crippen molar-refractivity contribution in [1.29, 1.82) is 0 Å². The number of alkyl carbamates (subject to hydrolysis) is 1. The number of rotatable bonds is 7. The van der Waals surface area contributed by atoms with Crippen LogP contribution in [-0.4, -0.2) is 59.1 Å². The summed E-state index contributed by atoms with van der Waals surface area (Å²) in [4.78, 5) is 28.7. The minimum atomic E-state index is -0.394. The fourth-order valence-corrected chi connectivity index (χ4v) is 4.14. The lowest BCUT2D eigenvalue weighted by Gasteiger charge is -2.24. The number of hydrogen-bond donors (Lipinski definition) is 3. The molecular weight excluding hydrogens is 414 g/mol. The third kappa shape index (κ3) is 5.56. The van der Waals surface area contributed by atoms with Gasteiger partial charge in [0.2, 0.25) is 11.8 Å². The minimum Gasteiger partial charge on any atom is -0.481 e. The number of ether oxygens (including phenoxy) is 3. The summed E-state index contributed by atoms with van der Waals surface area (Å²) in [5.41, 5.74) is 1.35. The predicted molar refractivity (Wildman–Crippen MR) is 116 cm³/mol. The van der Waals surface area contributed by atoms with Crippen LogP contribution in [-0.2, 0) is 20.7 Å². The molecule has 10 nitrogen and oxygen atoms in total. The molecule has 0 aromatic carbocycles. The van der Waals surface area contributed by atoms with E-state index in [0.29, 0.717) is 31.3 Å². The van der Waals surface area contributed by atoms with E-state index in [9.17, 15) is 9.59 Å². The lowest BCUT2D eigenvalue weighted by atomic mass is 10.0. The molecule has 2 aliphatic rings. The molecule has 0 radical (unpaired) electrons. The molecule has 1 aliphatic heterocycles. The number of aromatic amines is 1. The number of anilines is 1. The van der Waals surface area contributed by atoms with E-state index in [2.05, 4.69) is 25.8 Å². The first kappa shape index (κ1) is 22.1. The van der Waals surface area contributed by atoms with Crippen LogP contribution >= 0.6 is 0 Å². The lowest BCUT2D eigenvalue weighted by molar-refractivity contribution is -0.115. The highest BCUT2D eigenvalue weighted by atomic mass is 16.6. The summed E-state index contributed by atoms with van der Waals surface area (Å²) in [6, 6.07) is 5.36. The summed E-state index contributed by atoms with van der Waals surface area (Å²) in [5, 5.41) is 12.9. The molecule has 1 saturated heterocycles. The second-order valence-electron chi connectivity index (χ2n) is 8.67. The zero-order valence-electron chi connectivity index (χ0n) is 18.3. The molecule has 1 saturated carbocycles. The highest BCUT2D eigenvalue weighted by Gasteiger charge is 2.34. The van der Waals surface area contributed by atoms with Crippen LogP contribution in [0.4, 0.5) is 10.6 Å². The van der Waals surface area contributed by atoms with Crippen molar-refractivity contribution < 1.29 is 23.8 Å². The molecule has 0 bridgehead atoms. The molecule has 10 heteroatoms. The van der Waals surface area contributed by atoms with Gasteiger partial charge in [-0.1, -0.05) is 6.07 Å². The Balaban J connectivity index is 1.24. The second-order valence-corrected chi connectivity index (χ2v) is 8.67. The smallest absolute Gasteiger partial charge is 0.407 e. The van der Waals surface area contributed by atoms with Crippen LogP contribution in [0.5, 0.6) is 5.88 Å². The van der Waals surface area contributed by atoms with Crippen molar-refractivity contribution in [3.05, 3.63) is 35.7 Å². The first-order valence-corrected chi connectivity index (χ1v) is 10.8. The Morgan fingerprint density at radius 3 is 2.94 bits per heavy atom. The zero-order chi connectivity index (χ0) is 22.6. The van der Waals surface area contributed by atoms with Crippen LogP contribution in [0.15, 0.2) is 24.4 Å². The number of hydrogen-bond acceptors (Lipinski definition) is 7. The Bertz CT molecular complexity index is 938. The van der Waals surface area contributed by atoms with Crippen molar-refractivity contribution in [1.82, 2.24) is 20.5 Å². The first-order valence-electron chi connectivity index (χ1n) is 10.8. The van der Waals surface area contributed by atoms with Gasteiger partial charge in [0.25, 0.3) is 0 Å². The van der Waals surface area contributed by atoms with Gasteiger partial charge in [-0.25, -0.2) is 9.78 Å². The molecule has 0 spiro atoms. The average molecular weight is 444 g/mol. The molecule has 2 amide bonds. The van der Waals surface area contributed by atoms with E-state index in [0.717, 1.165) is 30.5 Å². The lowest BCUT2D eigenvalue weighted by Crippen LogP contribution is -2.47. The molecule has 3 heterocycles. The SMILES string of the molecule is COc1ccc(CC(=O)Nc2cc([C@H]3CC[C@@H](OC(=O)NC4(C)CCOC4)C3)[nH]n2)cn1. The third-order valence-corrected chi connectivity index (χ3v) is 5.96. The van der Waals surface area contributed by atoms with Crippen molar-refractivity contribution >= 4 is 17.8 Å². The maximum atomic E-state index is 12.3. The molecule has 172 valence electrons. The van der Waals surface area contributed by atoms with E-state index in [-0.39, 0.29) is 29.9 Å². The van der Waals surface area contributed by atoms with Gasteiger partial charge in [0.1, 0.15) is 6.10 Å². The molecule has 2 aromatic rings. The summed E-state index contributed by atoms with van der Waals surface area (Å²) in [5.74, 6) is 0.998. The van der Waals surface area contributed by atoms with Gasteiger partial charge in [0.15, 0.2) is 5.82 Å². The minimum absolute atomic E-state index is 0.144. The summed E-state index contributed by atoms with van der Waals surface area (Å²) in [7, 11) is 1.55. The number of pyridine rings is 1. The number of nitrogens with one attached hydrogen (secondary N) is 3. The molecule has 1 unspecified atom stereocenters. The van der Waals surface area contributed by atoms with Crippen LogP contribution < -0.4 is 15.4 Å². The molecule has 4 rings (SSSR count). The fourth-order valence-electron chi connectivity index (χ4n) is 4.14. The summed E-state index contributed by atoms with van der Waals surface area (Å²) in [6.45, 7) is 3.12. The van der Waals surface area contributed by atoms with Gasteiger partial charge in [0, 0.05) is 36.5 Å². The van der Waals surface area contributed by atoms with Crippen LogP contribution in [0.3, 0.4) is 0 Å². The van der Waals surface area contributed by atoms with Gasteiger partial charge >= 0.3 is 6.09 Å². The summed E-state index contributed by atoms with van der Waals surface area (Å²) >= 11 is 0. The number of carbonyl (C=O) groups excluding carboxylic acids is 2. The summed E-state index contributed by atoms with van der Waals surface area (Å²) in [6.07, 6.45) is 4.44. The van der Waals surface area contributed by atoms with Gasteiger partial charge in [-0.2, -0.15) is 5.10 Å². The molecule has 3 atom stereocenters. The van der Waals surface area contributed by atoms with E-state index in [4.69, 9.17) is 14.2 Å². The Kier molecular flexibility index (Phi) is 6.59. The fraction of sp³-hybridized carbons (Fsp3) is 0.545. The predicted octanol–water partition coefficient (Wildman–Crippen LogP) is 2.54. The number of amides is 2. The van der Waals surface area contributed by atoms with E-state index < -0.39 is 6.09 Å². The Labute approximate surface area is 186 Å². The van der Waals surface area contributed by atoms with Gasteiger partial charge in [0.05, 0.1) is 25.7 Å². The van der Waals surface area contributed by atoms with Crippen LogP contribution in [0.25, 0.3) is 0 Å². The van der Waals surface area contributed by atoms with Crippen molar-refractivity contribution in [2.45, 2.75) is 56.6 Å². The number of H-pyrrole nitrogens is 1. The maximum Gasteiger partial charge on any atom is 0.407 e. The largest absolute Gasteiger partial charge is 0.481 e. The number of aromatic nitrogens is 3. The molecule has 2 fully saturated rings. The van der Waals surface area contributed by atoms with Gasteiger partial charge in [-0.3, -0.25) is 9.89 Å². The second kappa shape index (κ2) is 9.56. The van der Waals surface area contributed by atoms with Crippen molar-refractivity contribution in [2.75, 3.05) is 25.6 Å². The number of carbonyl (C=O) groups is 2. The standard InChI is InChI=1S/C22H29N5O5/c1-22(7-8-31-13-22)25-21(29)32-16-5-4-15(10-16)17-11-18(27-26-17)24-19(28)9-14-3-6-20(30-2)23-12-14/h3,6,11-12,15-16H,4-5,7-10,13H2,1-2H3,(H,25,29)(H2,24,26,27,28)/t15-,16+,22?/m0/s1. The highest BCUT2D eigenvalue weighted by Crippen LogP contribution is 2.36. The Hall–Kier alpha value is -3.14. The molecule has 32 heavy (non-hydrogen) atoms. The van der Waals surface area contributed by atoms with Crippen molar-refractivity contribution in [3.8, 4) is 5.88 Å². The van der Waals surface area contributed by atoms with Crippen LogP contribution in [0.1, 0.15) is 49.8 Å².